The molecule has 9 heteroatoms. The minimum atomic E-state index is -1.78. The largest absolute Gasteiger partial charge is 0.477 e. The van der Waals surface area contributed by atoms with Crippen molar-refractivity contribution >= 4 is 28.5 Å². The Morgan fingerprint density at radius 2 is 2.12 bits per heavy atom. The number of nitro groups is 1. The number of thiocarbonyl (C=S) groups is 1. The monoisotopic (exact) mass is 357 g/mol. The molecule has 0 bridgehead atoms. The zero-order valence-corrected chi connectivity index (χ0v) is 13.6. The normalized spacial score (nSPS) is 15.0. The van der Waals surface area contributed by atoms with Crippen molar-refractivity contribution in [2.45, 2.75) is 12.0 Å². The summed E-state index contributed by atoms with van der Waals surface area (Å²) in [5.74, 6) is 0.149. The van der Waals surface area contributed by atoms with Crippen LogP contribution in [0.2, 0.25) is 0 Å². The highest BCUT2D eigenvalue weighted by Gasteiger charge is 2.37. The molecule has 0 saturated heterocycles. The molecule has 1 aliphatic rings. The third kappa shape index (κ3) is 3.68. The summed E-state index contributed by atoms with van der Waals surface area (Å²) in [5.41, 5.74) is 4.11. The quantitative estimate of drug-likeness (QED) is 0.337. The van der Waals surface area contributed by atoms with Crippen LogP contribution >= 0.6 is 12.2 Å². The van der Waals surface area contributed by atoms with Crippen molar-refractivity contribution in [2.75, 3.05) is 26.4 Å². The Hall–Kier alpha value is -2.13. The van der Waals surface area contributed by atoms with Gasteiger partial charge in [-0.25, -0.2) is 8.78 Å². The second-order valence-corrected chi connectivity index (χ2v) is 5.74. The molecule has 1 aromatic carbocycles. The molecule has 3 N–H and O–H groups in total. The number of nitro benzene ring substituents is 1. The highest BCUT2D eigenvalue weighted by molar-refractivity contribution is 7.81. The maximum atomic E-state index is 13.4. The van der Waals surface area contributed by atoms with Crippen LogP contribution in [0.3, 0.4) is 0 Å². The molecule has 0 fully saturated rings. The van der Waals surface area contributed by atoms with E-state index in [0.717, 1.165) is 0 Å². The van der Waals surface area contributed by atoms with E-state index >= 15 is 0 Å². The van der Waals surface area contributed by atoms with Crippen molar-refractivity contribution in [1.82, 2.24) is 5.32 Å². The standard InChI is InChI=1S/C15H17F2N3O3S/c16-8-15(9-17)7-12(14(24)19-5-1-4-18)11-6-10(20(21)22)2-3-13(11)23-15/h2-3,6-7H,1,4-5,8-9,18H2,(H,19,24). The van der Waals surface area contributed by atoms with E-state index in [1.54, 1.807) is 0 Å². The Morgan fingerprint density at radius 1 is 1.42 bits per heavy atom. The van der Waals surface area contributed by atoms with Gasteiger partial charge in [0.1, 0.15) is 24.1 Å². The summed E-state index contributed by atoms with van der Waals surface area (Å²) in [4.78, 5) is 10.7. The summed E-state index contributed by atoms with van der Waals surface area (Å²) in [7, 11) is 0. The van der Waals surface area contributed by atoms with Crippen molar-refractivity contribution in [1.29, 1.82) is 0 Å². The highest BCUT2D eigenvalue weighted by Crippen LogP contribution is 2.39. The van der Waals surface area contributed by atoms with E-state index in [9.17, 15) is 18.9 Å². The molecule has 0 aliphatic carbocycles. The smallest absolute Gasteiger partial charge is 0.270 e. The van der Waals surface area contributed by atoms with Gasteiger partial charge in [-0.3, -0.25) is 10.1 Å². The molecular formula is C15H17F2N3O3S. The first kappa shape index (κ1) is 18.2. The number of ether oxygens (including phenoxy) is 1. The molecule has 24 heavy (non-hydrogen) atoms. The van der Waals surface area contributed by atoms with E-state index < -0.39 is 23.9 Å². The second-order valence-electron chi connectivity index (χ2n) is 5.33. The van der Waals surface area contributed by atoms with Gasteiger partial charge >= 0.3 is 0 Å². The van der Waals surface area contributed by atoms with Gasteiger partial charge in [-0.2, -0.15) is 0 Å². The predicted octanol–water partition coefficient (Wildman–Crippen LogP) is 2.31. The minimum Gasteiger partial charge on any atom is -0.477 e. The SMILES string of the molecule is NCCCNC(=S)C1=CC(CF)(CF)Oc2ccc([N+](=O)[O-])cc21. The van der Waals surface area contributed by atoms with Gasteiger partial charge in [-0.1, -0.05) is 12.2 Å². The van der Waals surface area contributed by atoms with Gasteiger partial charge in [-0.15, -0.1) is 0 Å². The van der Waals surface area contributed by atoms with Gasteiger partial charge in [0.2, 0.25) is 0 Å². The Bertz CT molecular complexity index is 678. The lowest BCUT2D eigenvalue weighted by Gasteiger charge is -2.33. The van der Waals surface area contributed by atoms with E-state index in [-0.39, 0.29) is 16.4 Å². The van der Waals surface area contributed by atoms with Crippen LogP contribution in [-0.4, -0.2) is 42.0 Å². The number of nitrogens with one attached hydrogen (secondary N) is 1. The van der Waals surface area contributed by atoms with E-state index in [1.165, 1.54) is 24.3 Å². The zero-order valence-electron chi connectivity index (χ0n) is 12.8. The number of hydrogen-bond acceptors (Lipinski definition) is 5. The Kier molecular flexibility index (Phi) is 5.79. The molecule has 2 rings (SSSR count). The predicted molar refractivity (Wildman–Crippen MR) is 90.7 cm³/mol. The lowest BCUT2D eigenvalue weighted by atomic mass is 9.93. The van der Waals surface area contributed by atoms with Crippen LogP contribution in [0.5, 0.6) is 5.75 Å². The number of halogens is 2. The number of fused-ring (bicyclic) bond motifs is 1. The molecular weight excluding hydrogens is 340 g/mol. The average molecular weight is 357 g/mol. The molecule has 1 aromatic rings. The molecule has 1 heterocycles. The fraction of sp³-hybridized carbons (Fsp3) is 0.400. The van der Waals surface area contributed by atoms with Crippen LogP contribution in [0.15, 0.2) is 24.3 Å². The summed E-state index contributed by atoms with van der Waals surface area (Å²) >= 11 is 5.28. The number of hydrogen-bond donors (Lipinski definition) is 2. The van der Waals surface area contributed by atoms with Gasteiger partial charge in [0.15, 0.2) is 5.60 Å². The minimum absolute atomic E-state index is 0.149. The molecule has 0 aromatic heterocycles. The van der Waals surface area contributed by atoms with E-state index in [4.69, 9.17) is 22.7 Å². The third-order valence-corrected chi connectivity index (χ3v) is 3.91. The van der Waals surface area contributed by atoms with Crippen LogP contribution < -0.4 is 15.8 Å². The summed E-state index contributed by atoms with van der Waals surface area (Å²) in [6.07, 6.45) is 1.90. The summed E-state index contributed by atoms with van der Waals surface area (Å²) in [5, 5.41) is 13.9. The van der Waals surface area contributed by atoms with Crippen LogP contribution in [0.1, 0.15) is 12.0 Å². The first-order valence-electron chi connectivity index (χ1n) is 7.27. The Balaban J connectivity index is 2.46. The van der Waals surface area contributed by atoms with Crippen LogP contribution in [-0.2, 0) is 0 Å². The molecule has 0 amide bonds. The van der Waals surface area contributed by atoms with E-state index in [1.807, 2.05) is 0 Å². The molecule has 0 unspecified atom stereocenters. The van der Waals surface area contributed by atoms with Gasteiger partial charge in [0.25, 0.3) is 5.69 Å². The second kappa shape index (κ2) is 7.63. The van der Waals surface area contributed by atoms with Crippen LogP contribution in [0.25, 0.3) is 5.57 Å². The third-order valence-electron chi connectivity index (χ3n) is 3.55. The highest BCUT2D eigenvalue weighted by atomic mass is 32.1. The number of nitrogens with zero attached hydrogens (tertiary/aromatic N) is 1. The van der Waals surface area contributed by atoms with Gasteiger partial charge < -0.3 is 15.8 Å². The summed E-state index contributed by atoms with van der Waals surface area (Å²) in [6.45, 7) is -1.24. The molecule has 130 valence electrons. The molecule has 1 aliphatic heterocycles. The maximum absolute atomic E-state index is 13.4. The number of non-ortho nitro benzene ring substituents is 1. The summed E-state index contributed by atoms with van der Waals surface area (Å²) < 4.78 is 32.2. The lowest BCUT2D eigenvalue weighted by Crippen LogP contribution is -2.42. The molecule has 0 radical (unpaired) electrons. The zero-order chi connectivity index (χ0) is 17.7. The van der Waals surface area contributed by atoms with Gasteiger partial charge in [0, 0.05) is 29.8 Å². The fourth-order valence-corrected chi connectivity index (χ4v) is 2.55. The topological polar surface area (TPSA) is 90.4 Å². The Morgan fingerprint density at radius 3 is 2.71 bits per heavy atom. The molecule has 0 saturated carbocycles. The number of benzene rings is 1. The Labute approximate surface area is 142 Å². The van der Waals surface area contributed by atoms with E-state index in [0.29, 0.717) is 30.6 Å². The summed E-state index contributed by atoms with van der Waals surface area (Å²) in [6, 6.07) is 3.81. The number of alkyl halides is 2. The van der Waals surface area contributed by atoms with Crippen molar-refractivity contribution < 1.29 is 18.4 Å². The average Bonchev–Trinajstić information content (AvgIpc) is 2.60. The van der Waals surface area contributed by atoms with Gasteiger partial charge in [-0.05, 0) is 25.1 Å². The molecule has 0 atom stereocenters. The van der Waals surface area contributed by atoms with Crippen LogP contribution in [0, 0.1) is 10.1 Å². The first-order valence-corrected chi connectivity index (χ1v) is 7.68. The number of nitrogens with two attached hydrogens (primary N) is 1. The van der Waals surface area contributed by atoms with Crippen molar-refractivity contribution in [3.63, 3.8) is 0 Å². The molecule has 0 spiro atoms. The lowest BCUT2D eigenvalue weighted by molar-refractivity contribution is -0.384. The molecule has 6 nitrogen and oxygen atoms in total. The van der Waals surface area contributed by atoms with Crippen molar-refractivity contribution in [2.24, 2.45) is 5.73 Å². The van der Waals surface area contributed by atoms with Crippen molar-refractivity contribution in [3.05, 3.63) is 40.0 Å². The first-order chi connectivity index (χ1) is 11.5. The van der Waals surface area contributed by atoms with Crippen LogP contribution in [0.4, 0.5) is 14.5 Å². The van der Waals surface area contributed by atoms with Crippen molar-refractivity contribution in [3.8, 4) is 5.75 Å². The van der Waals surface area contributed by atoms with Gasteiger partial charge in [0.05, 0.1) is 4.92 Å². The number of rotatable bonds is 7. The fourth-order valence-electron chi connectivity index (χ4n) is 2.27. The maximum Gasteiger partial charge on any atom is 0.270 e. The van der Waals surface area contributed by atoms with E-state index in [2.05, 4.69) is 5.32 Å².